The van der Waals surface area contributed by atoms with Crippen molar-refractivity contribution in [1.82, 2.24) is 34.5 Å². The molecule has 148 valence electrons. The molecule has 0 bridgehead atoms. The van der Waals surface area contributed by atoms with Gasteiger partial charge in [-0.15, -0.1) is 16.6 Å². The van der Waals surface area contributed by atoms with Gasteiger partial charge >= 0.3 is 0 Å². The van der Waals surface area contributed by atoms with Crippen LogP contribution in [0, 0.1) is 12.3 Å². The summed E-state index contributed by atoms with van der Waals surface area (Å²) in [6.45, 7) is 0.824. The largest absolute Gasteiger partial charge is 0.377 e. The number of fused-ring (bicyclic) bond motifs is 5. The molecule has 1 aliphatic heterocycles. The lowest BCUT2D eigenvalue weighted by Crippen LogP contribution is -2.09. The number of imidazole rings is 1. The van der Waals surface area contributed by atoms with Crippen molar-refractivity contribution in [3.63, 3.8) is 0 Å². The fourth-order valence-electron chi connectivity index (χ4n) is 3.85. The predicted octanol–water partition coefficient (Wildman–Crippen LogP) is 2.55. The highest BCUT2D eigenvalue weighted by Gasteiger charge is 2.31. The summed E-state index contributed by atoms with van der Waals surface area (Å²) in [7, 11) is 1.64. The maximum absolute atomic E-state index is 5.64. The summed E-state index contributed by atoms with van der Waals surface area (Å²) < 4.78 is 14.9. The zero-order valence-electron chi connectivity index (χ0n) is 16.2. The van der Waals surface area contributed by atoms with Crippen LogP contribution in [0.5, 0.6) is 0 Å². The molecule has 0 saturated heterocycles. The normalized spacial score (nSPS) is 14.5. The fourth-order valence-corrected chi connectivity index (χ4v) is 3.85. The summed E-state index contributed by atoms with van der Waals surface area (Å²) in [6.07, 6.45) is 9.63. The Morgan fingerprint density at radius 2 is 2.20 bits per heavy atom. The van der Waals surface area contributed by atoms with Crippen LogP contribution in [0.15, 0.2) is 29.0 Å². The van der Waals surface area contributed by atoms with E-state index in [9.17, 15) is 0 Å². The highest BCUT2D eigenvalue weighted by atomic mass is 16.5. The predicted molar refractivity (Wildman–Crippen MR) is 106 cm³/mol. The molecule has 1 saturated carbocycles. The Hall–Kier alpha value is -3.77. The second-order valence-electron chi connectivity index (χ2n) is 7.48. The molecule has 0 N–H and O–H groups in total. The molecule has 2 aliphatic rings. The lowest BCUT2D eigenvalue weighted by molar-refractivity contribution is 0.174. The van der Waals surface area contributed by atoms with E-state index in [0.717, 1.165) is 47.0 Å². The molecule has 9 nitrogen and oxygen atoms in total. The molecule has 1 fully saturated rings. The van der Waals surface area contributed by atoms with Crippen molar-refractivity contribution in [2.75, 3.05) is 7.11 Å². The van der Waals surface area contributed by atoms with Gasteiger partial charge in [-0.2, -0.15) is 4.98 Å². The maximum atomic E-state index is 5.64. The van der Waals surface area contributed by atoms with Gasteiger partial charge in [-0.3, -0.25) is 4.57 Å². The number of benzene rings is 1. The van der Waals surface area contributed by atoms with E-state index in [1.54, 1.807) is 13.4 Å². The van der Waals surface area contributed by atoms with Crippen LogP contribution < -0.4 is 0 Å². The van der Waals surface area contributed by atoms with Gasteiger partial charge < -0.3 is 13.8 Å². The molecular formula is C21H17N7O2. The minimum atomic E-state index is 0.340. The van der Waals surface area contributed by atoms with Crippen LogP contribution in [0.2, 0.25) is 0 Å². The van der Waals surface area contributed by atoms with Crippen molar-refractivity contribution < 1.29 is 9.26 Å². The van der Waals surface area contributed by atoms with Crippen LogP contribution in [0.25, 0.3) is 28.7 Å². The van der Waals surface area contributed by atoms with E-state index in [2.05, 4.69) is 31.2 Å². The van der Waals surface area contributed by atoms with Crippen LogP contribution >= 0.6 is 0 Å². The van der Waals surface area contributed by atoms with Crippen LogP contribution in [0.4, 0.5) is 0 Å². The summed E-state index contributed by atoms with van der Waals surface area (Å²) >= 11 is 0. The quantitative estimate of drug-likeness (QED) is 0.429. The second-order valence-corrected chi connectivity index (χ2v) is 7.48. The molecule has 0 spiro atoms. The van der Waals surface area contributed by atoms with Crippen molar-refractivity contribution in [3.8, 4) is 41.0 Å². The zero-order valence-corrected chi connectivity index (χ0v) is 16.2. The molecule has 0 atom stereocenters. The number of methoxy groups -OCH3 is 1. The molecule has 3 aromatic heterocycles. The molecule has 4 heterocycles. The minimum absolute atomic E-state index is 0.340. The third kappa shape index (κ3) is 2.51. The summed E-state index contributed by atoms with van der Waals surface area (Å²) in [5.41, 5.74) is 4.14. The van der Waals surface area contributed by atoms with E-state index in [4.69, 9.17) is 15.7 Å². The molecule has 9 heteroatoms. The van der Waals surface area contributed by atoms with Gasteiger partial charge in [0.1, 0.15) is 12.9 Å². The van der Waals surface area contributed by atoms with Crippen molar-refractivity contribution >= 4 is 0 Å². The van der Waals surface area contributed by atoms with Crippen LogP contribution in [0.3, 0.4) is 0 Å². The molecule has 30 heavy (non-hydrogen) atoms. The fraction of sp³-hybridized carbons (Fsp3) is 0.286. The standard InChI is InChI=1S/C21H17N7O2/c1-3-12-4-7-15-14(8-12)20-25-24-17(10-29-2)27(20)9-16-18(22-11-28(15)16)21-23-19(26-30-21)13-5-6-13/h1,4,7-8,11,13H,5-6,9-10H2,2H3. The van der Waals surface area contributed by atoms with Crippen LogP contribution in [-0.4, -0.2) is 41.6 Å². The first kappa shape index (κ1) is 17.1. The van der Waals surface area contributed by atoms with Crippen molar-refractivity contribution in [2.45, 2.75) is 31.9 Å². The molecule has 1 aliphatic carbocycles. The van der Waals surface area contributed by atoms with E-state index in [-0.39, 0.29) is 0 Å². The van der Waals surface area contributed by atoms with E-state index in [1.807, 2.05) is 27.3 Å². The Labute approximate surface area is 171 Å². The number of hydrogen-bond donors (Lipinski definition) is 0. The van der Waals surface area contributed by atoms with Gasteiger partial charge in [0.05, 0.1) is 17.9 Å². The van der Waals surface area contributed by atoms with Crippen molar-refractivity contribution in [3.05, 3.63) is 47.4 Å². The third-order valence-electron chi connectivity index (χ3n) is 5.53. The Balaban J connectivity index is 1.57. The molecule has 1 aromatic carbocycles. The first-order valence-corrected chi connectivity index (χ1v) is 9.69. The van der Waals surface area contributed by atoms with Gasteiger partial charge in [0.15, 0.2) is 23.2 Å². The van der Waals surface area contributed by atoms with Crippen LogP contribution in [0.1, 0.15) is 41.7 Å². The SMILES string of the molecule is C#Cc1ccc2c(c1)-c1nnc(COC)n1Cc1c(-c3nc(C4CC4)no3)ncn1-2. The zero-order chi connectivity index (χ0) is 20.2. The lowest BCUT2D eigenvalue weighted by Gasteiger charge is -2.08. The summed E-state index contributed by atoms with van der Waals surface area (Å²) in [6, 6.07) is 5.82. The summed E-state index contributed by atoms with van der Waals surface area (Å²) in [4.78, 5) is 9.21. The first-order chi connectivity index (χ1) is 14.8. The number of hydrogen-bond acceptors (Lipinski definition) is 7. The Morgan fingerprint density at radius 1 is 1.30 bits per heavy atom. The Morgan fingerprint density at radius 3 is 3.00 bits per heavy atom. The average molecular weight is 399 g/mol. The number of nitrogens with zero attached hydrogens (tertiary/aromatic N) is 7. The molecule has 0 radical (unpaired) electrons. The Bertz CT molecular complexity index is 1320. The minimum Gasteiger partial charge on any atom is -0.377 e. The highest BCUT2D eigenvalue weighted by molar-refractivity contribution is 5.72. The van der Waals surface area contributed by atoms with Crippen LogP contribution in [-0.2, 0) is 17.9 Å². The van der Waals surface area contributed by atoms with Gasteiger partial charge in [-0.1, -0.05) is 11.1 Å². The molecule has 0 amide bonds. The first-order valence-electron chi connectivity index (χ1n) is 9.69. The molecular weight excluding hydrogens is 382 g/mol. The van der Waals surface area contributed by atoms with E-state index in [0.29, 0.717) is 36.5 Å². The van der Waals surface area contributed by atoms with Gasteiger partial charge in [-0.05, 0) is 31.0 Å². The number of ether oxygens (including phenoxy) is 1. The van der Waals surface area contributed by atoms with Crippen molar-refractivity contribution in [1.29, 1.82) is 0 Å². The smallest absolute Gasteiger partial charge is 0.278 e. The van der Waals surface area contributed by atoms with Gasteiger partial charge in [0.25, 0.3) is 5.89 Å². The number of aromatic nitrogens is 7. The molecule has 6 rings (SSSR count). The molecule has 4 aromatic rings. The number of rotatable bonds is 4. The van der Waals surface area contributed by atoms with Gasteiger partial charge in [-0.25, -0.2) is 4.98 Å². The van der Waals surface area contributed by atoms with E-state index >= 15 is 0 Å². The third-order valence-corrected chi connectivity index (χ3v) is 5.53. The topological polar surface area (TPSA) is 96.7 Å². The van der Waals surface area contributed by atoms with Gasteiger partial charge in [0, 0.05) is 24.2 Å². The van der Waals surface area contributed by atoms with E-state index in [1.165, 1.54) is 0 Å². The highest BCUT2D eigenvalue weighted by Crippen LogP contribution is 2.40. The Kier molecular flexibility index (Phi) is 3.63. The van der Waals surface area contributed by atoms with E-state index < -0.39 is 0 Å². The van der Waals surface area contributed by atoms with Gasteiger partial charge in [0.2, 0.25) is 0 Å². The monoisotopic (exact) mass is 399 g/mol. The lowest BCUT2D eigenvalue weighted by atomic mass is 10.1. The molecule has 0 unspecified atom stereocenters. The average Bonchev–Trinajstić information content (AvgIpc) is 3.21. The summed E-state index contributed by atoms with van der Waals surface area (Å²) in [5.74, 6) is 5.73. The van der Waals surface area contributed by atoms with Crippen molar-refractivity contribution in [2.24, 2.45) is 0 Å². The second kappa shape index (κ2) is 6.37. The maximum Gasteiger partial charge on any atom is 0.278 e. The number of terminal acetylenes is 1. The summed E-state index contributed by atoms with van der Waals surface area (Å²) in [5, 5.41) is 12.9.